The zero-order valence-corrected chi connectivity index (χ0v) is 16.0. The van der Waals surface area contributed by atoms with Crippen LogP contribution in [0.4, 0.5) is 0 Å². The fourth-order valence-electron chi connectivity index (χ4n) is 2.34. The molecule has 2 aromatic carbocycles. The van der Waals surface area contributed by atoms with Gasteiger partial charge >= 0.3 is 0 Å². The van der Waals surface area contributed by atoms with E-state index < -0.39 is 6.10 Å². The minimum absolute atomic E-state index is 0.406. The van der Waals surface area contributed by atoms with Gasteiger partial charge in [0.1, 0.15) is 5.75 Å². The normalized spacial score (nSPS) is 12.1. The molecule has 24 heavy (non-hydrogen) atoms. The molecule has 3 nitrogen and oxygen atoms in total. The Morgan fingerprint density at radius 3 is 2.54 bits per heavy atom. The Hall–Kier alpha value is -1.11. The van der Waals surface area contributed by atoms with E-state index in [0.717, 1.165) is 41.6 Å². The molecule has 1 atom stereocenters. The van der Waals surface area contributed by atoms with Crippen LogP contribution in [0.15, 0.2) is 54.6 Å². The predicted octanol–water partition coefficient (Wildman–Crippen LogP) is 4.92. The van der Waals surface area contributed by atoms with E-state index in [1.165, 1.54) is 5.56 Å². The van der Waals surface area contributed by atoms with E-state index in [0.29, 0.717) is 13.2 Å². The molecule has 2 rings (SSSR count). The number of halogens is 1. The highest BCUT2D eigenvalue weighted by molar-refractivity contribution is 14.1. The zero-order valence-electron chi connectivity index (χ0n) is 13.9. The van der Waals surface area contributed by atoms with Crippen molar-refractivity contribution in [1.82, 2.24) is 0 Å². The van der Waals surface area contributed by atoms with Crippen LogP contribution in [0.1, 0.15) is 36.5 Å². The van der Waals surface area contributed by atoms with Gasteiger partial charge in [-0.1, -0.05) is 65.1 Å². The highest BCUT2D eigenvalue weighted by Crippen LogP contribution is 2.22. The standard InChI is InChI=1S/C20H25IO3/c21-12-11-20(22)18-9-6-10-19(15-18)24-14-5-4-13-23-16-17-7-2-1-3-8-17/h1-3,6-10,15,20,22H,4-5,11-14,16H2. The Morgan fingerprint density at radius 2 is 1.75 bits per heavy atom. The van der Waals surface area contributed by atoms with E-state index in [1.807, 2.05) is 42.5 Å². The molecule has 0 radical (unpaired) electrons. The van der Waals surface area contributed by atoms with Crippen LogP contribution in [0.5, 0.6) is 5.75 Å². The van der Waals surface area contributed by atoms with Gasteiger partial charge in [0.25, 0.3) is 0 Å². The summed E-state index contributed by atoms with van der Waals surface area (Å²) in [4.78, 5) is 0. The number of aliphatic hydroxyl groups is 1. The number of alkyl halides is 1. The average molecular weight is 440 g/mol. The lowest BCUT2D eigenvalue weighted by molar-refractivity contribution is 0.113. The first kappa shape index (κ1) is 19.2. The molecule has 130 valence electrons. The van der Waals surface area contributed by atoms with Crippen molar-refractivity contribution in [2.75, 3.05) is 17.6 Å². The van der Waals surface area contributed by atoms with Gasteiger partial charge in [-0.3, -0.25) is 0 Å². The van der Waals surface area contributed by atoms with Crippen molar-refractivity contribution in [3.63, 3.8) is 0 Å². The quantitative estimate of drug-likeness (QED) is 0.306. The monoisotopic (exact) mass is 440 g/mol. The molecule has 0 aromatic heterocycles. The van der Waals surface area contributed by atoms with Crippen LogP contribution >= 0.6 is 22.6 Å². The predicted molar refractivity (Wildman–Crippen MR) is 106 cm³/mol. The molecule has 0 fully saturated rings. The van der Waals surface area contributed by atoms with Crippen molar-refractivity contribution in [3.05, 3.63) is 65.7 Å². The van der Waals surface area contributed by atoms with Gasteiger partial charge in [0.15, 0.2) is 0 Å². The molecule has 0 saturated heterocycles. The van der Waals surface area contributed by atoms with E-state index in [2.05, 4.69) is 34.7 Å². The molecule has 0 spiro atoms. The largest absolute Gasteiger partial charge is 0.494 e. The highest BCUT2D eigenvalue weighted by atomic mass is 127. The van der Waals surface area contributed by atoms with Crippen LogP contribution in [0, 0.1) is 0 Å². The number of hydrogen-bond acceptors (Lipinski definition) is 3. The highest BCUT2D eigenvalue weighted by Gasteiger charge is 2.07. The van der Waals surface area contributed by atoms with Gasteiger partial charge in [0, 0.05) is 11.0 Å². The second-order valence-electron chi connectivity index (χ2n) is 5.66. The van der Waals surface area contributed by atoms with Crippen LogP contribution < -0.4 is 4.74 Å². The summed E-state index contributed by atoms with van der Waals surface area (Å²) in [5, 5.41) is 10.0. The molecule has 0 saturated carbocycles. The fourth-order valence-corrected chi connectivity index (χ4v) is 2.93. The molecule has 2 aromatic rings. The SMILES string of the molecule is OC(CCI)c1cccc(OCCCCOCc2ccccc2)c1. The minimum Gasteiger partial charge on any atom is -0.494 e. The van der Waals surface area contributed by atoms with E-state index in [1.54, 1.807) is 0 Å². The van der Waals surface area contributed by atoms with Crippen molar-refractivity contribution >= 4 is 22.6 Å². The first-order valence-corrected chi connectivity index (χ1v) is 9.90. The molecule has 4 heteroatoms. The van der Waals surface area contributed by atoms with Gasteiger partial charge in [0.05, 0.1) is 19.3 Å². The van der Waals surface area contributed by atoms with Crippen LogP contribution in [-0.2, 0) is 11.3 Å². The Morgan fingerprint density at radius 1 is 0.958 bits per heavy atom. The summed E-state index contributed by atoms with van der Waals surface area (Å²) in [6.07, 6.45) is 2.29. The maximum atomic E-state index is 10.0. The van der Waals surface area contributed by atoms with E-state index in [9.17, 15) is 5.11 Å². The lowest BCUT2D eigenvalue weighted by atomic mass is 10.1. The summed E-state index contributed by atoms with van der Waals surface area (Å²) in [7, 11) is 0. The van der Waals surface area contributed by atoms with E-state index >= 15 is 0 Å². The summed E-state index contributed by atoms with van der Waals surface area (Å²) in [5.74, 6) is 0.824. The maximum Gasteiger partial charge on any atom is 0.119 e. The van der Waals surface area contributed by atoms with Gasteiger partial charge in [-0.05, 0) is 42.5 Å². The first-order chi connectivity index (χ1) is 11.8. The van der Waals surface area contributed by atoms with Crippen LogP contribution in [0.3, 0.4) is 0 Å². The van der Waals surface area contributed by atoms with Gasteiger partial charge in [-0.15, -0.1) is 0 Å². The summed E-state index contributed by atoms with van der Waals surface area (Å²) in [6, 6.07) is 18.0. The molecule has 0 aliphatic carbocycles. The molecular formula is C20H25IO3. The number of unbranched alkanes of at least 4 members (excludes halogenated alkanes) is 1. The van der Waals surface area contributed by atoms with Crippen LogP contribution in [0.25, 0.3) is 0 Å². The van der Waals surface area contributed by atoms with Gasteiger partial charge in [-0.2, -0.15) is 0 Å². The topological polar surface area (TPSA) is 38.7 Å². The zero-order chi connectivity index (χ0) is 17.0. The third kappa shape index (κ3) is 7.20. The third-order valence-electron chi connectivity index (χ3n) is 3.69. The summed E-state index contributed by atoms with van der Waals surface area (Å²) in [5.41, 5.74) is 2.13. The molecule has 0 bridgehead atoms. The second kappa shape index (κ2) is 11.4. The van der Waals surface area contributed by atoms with Gasteiger partial charge in [-0.25, -0.2) is 0 Å². The molecular weight excluding hydrogens is 415 g/mol. The van der Waals surface area contributed by atoms with Crippen molar-refractivity contribution in [2.24, 2.45) is 0 Å². The Kier molecular flexibility index (Phi) is 9.16. The minimum atomic E-state index is -0.406. The third-order valence-corrected chi connectivity index (χ3v) is 4.31. The van der Waals surface area contributed by atoms with E-state index in [-0.39, 0.29) is 0 Å². The number of aliphatic hydroxyl groups excluding tert-OH is 1. The summed E-state index contributed by atoms with van der Waals surface area (Å²) >= 11 is 2.28. The second-order valence-corrected chi connectivity index (χ2v) is 6.74. The van der Waals surface area contributed by atoms with E-state index in [4.69, 9.17) is 9.47 Å². The van der Waals surface area contributed by atoms with Crippen LogP contribution in [0.2, 0.25) is 0 Å². The maximum absolute atomic E-state index is 10.0. The van der Waals surface area contributed by atoms with Crippen molar-refractivity contribution < 1.29 is 14.6 Å². The Labute approximate surface area is 158 Å². The van der Waals surface area contributed by atoms with Crippen molar-refractivity contribution in [1.29, 1.82) is 0 Å². The van der Waals surface area contributed by atoms with Gasteiger partial charge < -0.3 is 14.6 Å². The molecule has 0 heterocycles. The number of hydrogen-bond donors (Lipinski definition) is 1. The number of rotatable bonds is 11. The summed E-state index contributed by atoms with van der Waals surface area (Å²) in [6.45, 7) is 2.08. The summed E-state index contributed by atoms with van der Waals surface area (Å²) < 4.78 is 12.4. The van der Waals surface area contributed by atoms with Crippen LogP contribution in [-0.4, -0.2) is 22.7 Å². The smallest absolute Gasteiger partial charge is 0.119 e. The lowest BCUT2D eigenvalue weighted by Gasteiger charge is -2.12. The molecule has 0 aliphatic heterocycles. The Balaban J connectivity index is 1.59. The molecule has 1 N–H and O–H groups in total. The number of ether oxygens (including phenoxy) is 2. The molecule has 0 amide bonds. The van der Waals surface area contributed by atoms with Gasteiger partial charge in [0.2, 0.25) is 0 Å². The average Bonchev–Trinajstić information content (AvgIpc) is 2.62. The fraction of sp³-hybridized carbons (Fsp3) is 0.400. The van der Waals surface area contributed by atoms with Crippen molar-refractivity contribution in [2.45, 2.75) is 32.0 Å². The molecule has 0 aliphatic rings. The Bertz CT molecular complexity index is 574. The first-order valence-electron chi connectivity index (χ1n) is 8.38. The number of benzene rings is 2. The molecule has 1 unspecified atom stereocenters. The van der Waals surface area contributed by atoms with Crippen molar-refractivity contribution in [3.8, 4) is 5.75 Å². The lowest BCUT2D eigenvalue weighted by Crippen LogP contribution is -2.02.